The number of rotatable bonds is 4. The molecule has 0 unspecified atom stereocenters. The van der Waals surface area contributed by atoms with Gasteiger partial charge in [0.1, 0.15) is 11.5 Å². The van der Waals surface area contributed by atoms with Gasteiger partial charge in [0.05, 0.1) is 10.6 Å². The fourth-order valence-corrected chi connectivity index (χ4v) is 6.70. The summed E-state index contributed by atoms with van der Waals surface area (Å²) in [5.41, 5.74) is 7.23. The Morgan fingerprint density at radius 3 is 2.55 bits per heavy atom. The Hall–Kier alpha value is -4.39. The van der Waals surface area contributed by atoms with Crippen LogP contribution >= 0.6 is 10.6 Å². The topological polar surface area (TPSA) is 126 Å². The molecule has 204 valence electrons. The largest absolute Gasteiger partial charge is 0.435 e. The van der Waals surface area contributed by atoms with Crippen LogP contribution in [0.5, 0.6) is 0 Å². The number of halogens is 3. The number of aromatic nitrogens is 3. The molecule has 1 aliphatic rings. The molecule has 40 heavy (non-hydrogen) atoms. The van der Waals surface area contributed by atoms with E-state index in [-0.39, 0.29) is 23.0 Å². The average molecular weight is 566 g/mol. The number of carbonyl (C=O) groups is 1. The molecule has 3 heterocycles. The van der Waals surface area contributed by atoms with E-state index in [4.69, 9.17) is 5.73 Å². The molecule has 0 saturated carbocycles. The lowest BCUT2D eigenvalue weighted by atomic mass is 10.0. The average Bonchev–Trinajstić information content (AvgIpc) is 3.51. The second-order valence-electron chi connectivity index (χ2n) is 9.37. The highest BCUT2D eigenvalue weighted by Gasteiger charge is 2.36. The van der Waals surface area contributed by atoms with E-state index < -0.39 is 28.4 Å². The predicted molar refractivity (Wildman–Crippen MR) is 148 cm³/mol. The number of anilines is 2. The number of nitrogens with two attached hydrogens (primary N) is 1. The van der Waals surface area contributed by atoms with Crippen LogP contribution in [-0.4, -0.2) is 35.5 Å². The minimum atomic E-state index is -4.77. The van der Waals surface area contributed by atoms with E-state index in [1.807, 2.05) is 12.1 Å². The Bertz CT molecular complexity index is 1790. The molecule has 0 fully saturated rings. The summed E-state index contributed by atoms with van der Waals surface area (Å²) in [6, 6.07) is 19.3. The van der Waals surface area contributed by atoms with E-state index in [1.165, 1.54) is 12.3 Å². The summed E-state index contributed by atoms with van der Waals surface area (Å²) in [6.45, 7) is 0. The van der Waals surface area contributed by atoms with E-state index in [9.17, 15) is 27.1 Å². The molecule has 5 N–H and O–H groups in total. The molecule has 1 aliphatic heterocycles. The number of pyridine rings is 1. The quantitative estimate of drug-likeness (QED) is 0.194. The SMILES string of the molecule is Nc1nccc2ccc(-n3nc(C(F)(F)F)cc3C(=O)Nc3ccc(-c4cccc5c4S(O)(O)CC5)cc3)cc12. The van der Waals surface area contributed by atoms with Crippen LogP contribution < -0.4 is 11.1 Å². The Labute approximate surface area is 227 Å². The number of benzene rings is 3. The Balaban J connectivity index is 1.33. The van der Waals surface area contributed by atoms with Gasteiger partial charge >= 0.3 is 6.18 Å². The van der Waals surface area contributed by atoms with Crippen molar-refractivity contribution in [3.8, 4) is 16.8 Å². The minimum absolute atomic E-state index is 0.193. The van der Waals surface area contributed by atoms with Gasteiger partial charge in [0.2, 0.25) is 0 Å². The molecular weight excluding hydrogens is 543 g/mol. The van der Waals surface area contributed by atoms with Gasteiger partial charge in [0, 0.05) is 34.7 Å². The fraction of sp³-hybridized carbons (Fsp3) is 0.107. The highest BCUT2D eigenvalue weighted by atomic mass is 32.3. The van der Waals surface area contributed by atoms with Crippen molar-refractivity contribution in [2.45, 2.75) is 17.5 Å². The molecule has 0 spiro atoms. The Morgan fingerprint density at radius 2 is 1.80 bits per heavy atom. The number of nitrogens with one attached hydrogen (secondary N) is 1. The normalized spacial score (nSPS) is 15.1. The summed E-state index contributed by atoms with van der Waals surface area (Å²) in [4.78, 5) is 17.8. The van der Waals surface area contributed by atoms with Gasteiger partial charge in [0.25, 0.3) is 5.91 Å². The van der Waals surface area contributed by atoms with Gasteiger partial charge in [-0.15, -0.1) is 0 Å². The van der Waals surface area contributed by atoms with Crippen molar-refractivity contribution in [2.75, 3.05) is 16.8 Å². The highest BCUT2D eigenvalue weighted by Crippen LogP contribution is 2.58. The third kappa shape index (κ3) is 4.55. The first-order valence-corrected chi connectivity index (χ1v) is 13.8. The number of nitrogens with zero attached hydrogens (tertiary/aromatic N) is 3. The standard InChI is InChI=1S/C28H22F3N5O3S/c29-28(30,31)24-15-23(36(35-24)20-9-6-17-10-12-33-26(32)22(17)14-20)27(37)34-19-7-4-16(5-8-19)21-3-1-2-18-11-13-40(38,39)25(18)21/h1-10,12,14-15,38-39H,11,13H2,(H2,32,33)(H,34,37). The van der Waals surface area contributed by atoms with Crippen LogP contribution in [-0.2, 0) is 12.6 Å². The van der Waals surface area contributed by atoms with E-state index >= 15 is 0 Å². The Kier molecular flexibility index (Phi) is 6.06. The van der Waals surface area contributed by atoms with Crippen molar-refractivity contribution >= 4 is 38.8 Å². The van der Waals surface area contributed by atoms with Crippen molar-refractivity contribution < 1.29 is 27.1 Å². The zero-order valence-electron chi connectivity index (χ0n) is 20.7. The van der Waals surface area contributed by atoms with Crippen LogP contribution in [0.1, 0.15) is 21.7 Å². The maximum absolute atomic E-state index is 13.6. The van der Waals surface area contributed by atoms with Crippen molar-refractivity contribution in [2.24, 2.45) is 0 Å². The van der Waals surface area contributed by atoms with Crippen LogP contribution in [0.15, 0.2) is 83.9 Å². The summed E-state index contributed by atoms with van der Waals surface area (Å²) in [5.74, 6) is -0.328. The number of amides is 1. The number of alkyl halides is 3. The molecule has 0 atom stereocenters. The molecule has 3 aromatic carbocycles. The van der Waals surface area contributed by atoms with Crippen LogP contribution in [0.2, 0.25) is 0 Å². The monoisotopic (exact) mass is 565 g/mol. The zero-order chi connectivity index (χ0) is 28.2. The van der Waals surface area contributed by atoms with Crippen molar-refractivity contribution in [1.29, 1.82) is 0 Å². The molecule has 0 bridgehead atoms. The van der Waals surface area contributed by atoms with Gasteiger partial charge in [-0.3, -0.25) is 13.9 Å². The molecule has 0 radical (unpaired) electrons. The van der Waals surface area contributed by atoms with Crippen molar-refractivity contribution in [3.05, 3.63) is 95.9 Å². The number of hydrogen-bond acceptors (Lipinski definition) is 6. The third-order valence-corrected chi connectivity index (χ3v) is 8.70. The Morgan fingerprint density at radius 1 is 1.02 bits per heavy atom. The second kappa shape index (κ2) is 9.37. The van der Waals surface area contributed by atoms with Gasteiger partial charge in [-0.1, -0.05) is 36.4 Å². The highest BCUT2D eigenvalue weighted by molar-refractivity contribution is 8.24. The van der Waals surface area contributed by atoms with Crippen LogP contribution in [0.4, 0.5) is 24.7 Å². The van der Waals surface area contributed by atoms with E-state index in [0.717, 1.165) is 15.6 Å². The van der Waals surface area contributed by atoms with Crippen LogP contribution in [0, 0.1) is 0 Å². The van der Waals surface area contributed by atoms with E-state index in [2.05, 4.69) is 15.4 Å². The molecule has 2 aromatic heterocycles. The summed E-state index contributed by atoms with van der Waals surface area (Å²) in [6.07, 6.45) is -2.67. The van der Waals surface area contributed by atoms with Gasteiger partial charge in [0.15, 0.2) is 5.69 Å². The summed E-state index contributed by atoms with van der Waals surface area (Å²) in [5, 5.41) is 7.55. The number of nitrogen functional groups attached to an aromatic ring is 1. The molecule has 0 saturated heterocycles. The van der Waals surface area contributed by atoms with E-state index in [1.54, 1.807) is 48.5 Å². The first kappa shape index (κ1) is 25.9. The summed E-state index contributed by atoms with van der Waals surface area (Å²) < 4.78 is 62.7. The lowest BCUT2D eigenvalue weighted by Gasteiger charge is -2.29. The lowest BCUT2D eigenvalue weighted by Crippen LogP contribution is -2.17. The van der Waals surface area contributed by atoms with E-state index in [0.29, 0.717) is 39.6 Å². The van der Waals surface area contributed by atoms with Crippen LogP contribution in [0.25, 0.3) is 27.6 Å². The van der Waals surface area contributed by atoms with Crippen molar-refractivity contribution in [1.82, 2.24) is 14.8 Å². The number of aryl methyl sites for hydroxylation is 1. The number of hydrogen-bond donors (Lipinski definition) is 4. The molecule has 8 nitrogen and oxygen atoms in total. The maximum atomic E-state index is 13.6. The first-order valence-electron chi connectivity index (χ1n) is 12.1. The maximum Gasteiger partial charge on any atom is 0.435 e. The van der Waals surface area contributed by atoms with Crippen LogP contribution in [0.3, 0.4) is 0 Å². The smallest absolute Gasteiger partial charge is 0.383 e. The van der Waals surface area contributed by atoms with Gasteiger partial charge in [-0.2, -0.15) is 28.9 Å². The predicted octanol–water partition coefficient (Wildman–Crippen LogP) is 6.61. The molecule has 5 aromatic rings. The van der Waals surface area contributed by atoms with Gasteiger partial charge in [-0.25, -0.2) is 9.67 Å². The molecule has 1 amide bonds. The first-order chi connectivity index (χ1) is 19.0. The lowest BCUT2D eigenvalue weighted by molar-refractivity contribution is -0.141. The molecule has 0 aliphatic carbocycles. The fourth-order valence-electron chi connectivity index (χ4n) is 4.87. The number of fused-ring (bicyclic) bond motifs is 2. The summed E-state index contributed by atoms with van der Waals surface area (Å²) in [7, 11) is -2.89. The van der Waals surface area contributed by atoms with Crippen molar-refractivity contribution in [3.63, 3.8) is 0 Å². The second-order valence-corrected chi connectivity index (χ2v) is 11.5. The summed E-state index contributed by atoms with van der Waals surface area (Å²) >= 11 is 0. The molecule has 6 rings (SSSR count). The number of carbonyl (C=O) groups excluding carboxylic acids is 1. The third-order valence-electron chi connectivity index (χ3n) is 6.79. The van der Waals surface area contributed by atoms with Gasteiger partial charge in [-0.05, 0) is 53.3 Å². The minimum Gasteiger partial charge on any atom is -0.383 e. The van der Waals surface area contributed by atoms with Gasteiger partial charge < -0.3 is 11.1 Å². The zero-order valence-corrected chi connectivity index (χ0v) is 21.5. The molecule has 12 heteroatoms. The molecular formula is C28H22F3N5O3S.